The van der Waals surface area contributed by atoms with Gasteiger partial charge in [-0.05, 0) is 58.2 Å². The molecule has 0 atom stereocenters. The second-order valence-electron chi connectivity index (χ2n) is 4.48. The average Bonchev–Trinajstić information content (AvgIpc) is 2.42. The zero-order valence-electron chi connectivity index (χ0n) is 11.2. The summed E-state index contributed by atoms with van der Waals surface area (Å²) < 4.78 is 28.1. The summed E-state index contributed by atoms with van der Waals surface area (Å²) in [5.74, 6) is 0. The molecule has 0 saturated heterocycles. The molecule has 2 rings (SSSR count). The Bertz CT molecular complexity index is 779. The van der Waals surface area contributed by atoms with Crippen LogP contribution < -0.4 is 10.5 Å². The summed E-state index contributed by atoms with van der Waals surface area (Å²) in [7, 11) is -3.68. The summed E-state index contributed by atoms with van der Waals surface area (Å²) >= 11 is 9.16. The predicted octanol–water partition coefficient (Wildman–Crippen LogP) is 3.67. The zero-order chi connectivity index (χ0) is 15.6. The minimum absolute atomic E-state index is 0.219. The van der Waals surface area contributed by atoms with Crippen molar-refractivity contribution in [2.45, 2.75) is 18.4 Å². The predicted molar refractivity (Wildman–Crippen MR) is 89.0 cm³/mol. The molecule has 2 aromatic rings. The number of hydrogen-bond acceptors (Lipinski definition) is 3. The van der Waals surface area contributed by atoms with Gasteiger partial charge < -0.3 is 5.73 Å². The first-order valence-electron chi connectivity index (χ1n) is 6.11. The Kier molecular flexibility index (Phi) is 4.93. The lowest BCUT2D eigenvalue weighted by Gasteiger charge is -2.13. The second-order valence-corrected chi connectivity index (χ2v) is 7.39. The molecule has 0 aliphatic heterocycles. The van der Waals surface area contributed by atoms with Crippen molar-refractivity contribution in [2.75, 3.05) is 4.72 Å². The van der Waals surface area contributed by atoms with Crippen molar-refractivity contribution in [1.82, 2.24) is 0 Å². The molecule has 3 N–H and O–H groups in total. The molecular formula is C14H14BrClN2O2S. The van der Waals surface area contributed by atoms with E-state index in [2.05, 4.69) is 20.7 Å². The standard InChI is InChI=1S/C14H14BrClN2O2S/c1-9-10(8-17)3-2-4-14(9)21(19,20)18-11-5-6-13(16)12(15)7-11/h2-7,18H,8,17H2,1H3. The van der Waals surface area contributed by atoms with E-state index in [1.54, 1.807) is 37.3 Å². The molecule has 0 aromatic heterocycles. The number of hydrogen-bond donors (Lipinski definition) is 2. The first kappa shape index (κ1) is 16.3. The van der Waals surface area contributed by atoms with E-state index < -0.39 is 10.0 Å². The number of halogens is 2. The van der Waals surface area contributed by atoms with Crippen LogP contribution in [0.2, 0.25) is 5.02 Å². The molecule has 21 heavy (non-hydrogen) atoms. The van der Waals surface area contributed by atoms with Crippen LogP contribution >= 0.6 is 27.5 Å². The van der Waals surface area contributed by atoms with E-state index in [-0.39, 0.29) is 4.90 Å². The molecule has 112 valence electrons. The van der Waals surface area contributed by atoms with Crippen molar-refractivity contribution >= 4 is 43.2 Å². The number of benzene rings is 2. The summed E-state index contributed by atoms with van der Waals surface area (Å²) in [4.78, 5) is 0.219. The van der Waals surface area contributed by atoms with Gasteiger partial charge in [-0.3, -0.25) is 4.72 Å². The Labute approximate surface area is 137 Å². The molecule has 2 aromatic carbocycles. The van der Waals surface area contributed by atoms with Crippen LogP contribution in [0, 0.1) is 6.92 Å². The maximum atomic E-state index is 12.5. The molecule has 0 radical (unpaired) electrons. The number of anilines is 1. The van der Waals surface area contributed by atoms with Crippen molar-refractivity contribution in [2.24, 2.45) is 5.73 Å². The van der Waals surface area contributed by atoms with Crippen LogP contribution in [0.3, 0.4) is 0 Å². The normalized spacial score (nSPS) is 11.4. The lowest BCUT2D eigenvalue weighted by molar-refractivity contribution is 0.600. The highest BCUT2D eigenvalue weighted by molar-refractivity contribution is 9.10. The average molecular weight is 390 g/mol. The van der Waals surface area contributed by atoms with Crippen LogP contribution in [0.1, 0.15) is 11.1 Å². The van der Waals surface area contributed by atoms with Crippen LogP contribution in [0.4, 0.5) is 5.69 Å². The maximum absolute atomic E-state index is 12.5. The lowest BCUT2D eigenvalue weighted by atomic mass is 10.1. The Hall–Kier alpha value is -1.08. The van der Waals surface area contributed by atoms with Crippen molar-refractivity contribution in [3.63, 3.8) is 0 Å². The van der Waals surface area contributed by atoms with E-state index in [4.69, 9.17) is 17.3 Å². The van der Waals surface area contributed by atoms with E-state index in [1.165, 1.54) is 0 Å². The van der Waals surface area contributed by atoms with Gasteiger partial charge >= 0.3 is 0 Å². The van der Waals surface area contributed by atoms with Gasteiger partial charge in [0.15, 0.2) is 0 Å². The van der Waals surface area contributed by atoms with Crippen molar-refractivity contribution < 1.29 is 8.42 Å². The topological polar surface area (TPSA) is 72.2 Å². The Morgan fingerprint density at radius 1 is 1.29 bits per heavy atom. The van der Waals surface area contributed by atoms with Gasteiger partial charge in [-0.15, -0.1) is 0 Å². The number of nitrogens with two attached hydrogens (primary N) is 1. The number of sulfonamides is 1. The van der Waals surface area contributed by atoms with Gasteiger partial charge in [0.05, 0.1) is 15.6 Å². The van der Waals surface area contributed by atoms with Gasteiger partial charge in [-0.2, -0.15) is 0 Å². The van der Waals surface area contributed by atoms with Crippen LogP contribution in [-0.4, -0.2) is 8.42 Å². The monoisotopic (exact) mass is 388 g/mol. The first-order chi connectivity index (χ1) is 9.85. The van der Waals surface area contributed by atoms with E-state index in [0.717, 1.165) is 5.56 Å². The summed E-state index contributed by atoms with van der Waals surface area (Å²) in [5, 5.41) is 0.513. The minimum atomic E-state index is -3.68. The van der Waals surface area contributed by atoms with E-state index in [0.29, 0.717) is 27.3 Å². The van der Waals surface area contributed by atoms with Crippen LogP contribution in [-0.2, 0) is 16.6 Å². The summed E-state index contributed by atoms with van der Waals surface area (Å²) in [6.45, 7) is 2.04. The molecule has 0 bridgehead atoms. The zero-order valence-corrected chi connectivity index (χ0v) is 14.4. The van der Waals surface area contributed by atoms with Crippen molar-refractivity contribution in [3.05, 3.63) is 57.0 Å². The second kappa shape index (κ2) is 6.36. The van der Waals surface area contributed by atoms with Gasteiger partial charge in [0.1, 0.15) is 0 Å². The molecule has 0 heterocycles. The molecule has 0 amide bonds. The largest absolute Gasteiger partial charge is 0.326 e. The number of nitrogens with one attached hydrogen (secondary N) is 1. The fraction of sp³-hybridized carbons (Fsp3) is 0.143. The maximum Gasteiger partial charge on any atom is 0.262 e. The van der Waals surface area contributed by atoms with Gasteiger partial charge in [0.2, 0.25) is 0 Å². The highest BCUT2D eigenvalue weighted by atomic mass is 79.9. The quantitative estimate of drug-likeness (QED) is 0.838. The van der Waals surface area contributed by atoms with E-state index >= 15 is 0 Å². The van der Waals surface area contributed by atoms with Crippen molar-refractivity contribution in [1.29, 1.82) is 0 Å². The molecule has 0 aliphatic rings. The minimum Gasteiger partial charge on any atom is -0.326 e. The lowest BCUT2D eigenvalue weighted by Crippen LogP contribution is -2.15. The smallest absolute Gasteiger partial charge is 0.262 e. The Morgan fingerprint density at radius 3 is 2.62 bits per heavy atom. The Balaban J connectivity index is 2.41. The van der Waals surface area contributed by atoms with Gasteiger partial charge in [-0.1, -0.05) is 23.7 Å². The summed E-state index contributed by atoms with van der Waals surface area (Å²) in [6.07, 6.45) is 0. The third-order valence-electron chi connectivity index (χ3n) is 3.08. The molecule has 0 fully saturated rings. The molecule has 0 aliphatic carbocycles. The molecular weight excluding hydrogens is 376 g/mol. The van der Waals surface area contributed by atoms with Gasteiger partial charge in [0.25, 0.3) is 10.0 Å². The third kappa shape index (κ3) is 3.58. The fourth-order valence-electron chi connectivity index (χ4n) is 1.94. The molecule has 7 heteroatoms. The number of rotatable bonds is 4. The van der Waals surface area contributed by atoms with E-state index in [1.807, 2.05) is 6.07 Å². The van der Waals surface area contributed by atoms with Crippen LogP contribution in [0.15, 0.2) is 45.8 Å². The first-order valence-corrected chi connectivity index (χ1v) is 8.77. The van der Waals surface area contributed by atoms with Crippen molar-refractivity contribution in [3.8, 4) is 0 Å². The Morgan fingerprint density at radius 2 is 2.00 bits per heavy atom. The van der Waals surface area contributed by atoms with Gasteiger partial charge in [-0.25, -0.2) is 8.42 Å². The molecule has 0 unspecified atom stereocenters. The van der Waals surface area contributed by atoms with E-state index in [9.17, 15) is 8.42 Å². The highest BCUT2D eigenvalue weighted by Gasteiger charge is 2.18. The third-order valence-corrected chi connectivity index (χ3v) is 5.82. The molecule has 0 spiro atoms. The fourth-order valence-corrected chi connectivity index (χ4v) is 3.78. The SMILES string of the molecule is Cc1c(CN)cccc1S(=O)(=O)Nc1ccc(Cl)c(Br)c1. The van der Waals surface area contributed by atoms with Crippen LogP contribution in [0.5, 0.6) is 0 Å². The summed E-state index contributed by atoms with van der Waals surface area (Å²) in [5.41, 5.74) is 7.50. The summed E-state index contributed by atoms with van der Waals surface area (Å²) in [6, 6.07) is 9.89. The highest BCUT2D eigenvalue weighted by Crippen LogP contribution is 2.27. The molecule has 0 saturated carbocycles. The van der Waals surface area contributed by atoms with Crippen LogP contribution in [0.25, 0.3) is 0 Å². The molecule has 4 nitrogen and oxygen atoms in total. The van der Waals surface area contributed by atoms with Gasteiger partial charge in [0, 0.05) is 11.0 Å².